The standard InChI is InChI=1S/C26H36N8O2/c1-18(35)16-32-9-11-33(12-10-32)20-5-6-22(27-15-20)30-25-28-14-19-13-21-24(36)29-17-26(7-3-2-4-8-26)34(21)23(19)31-25/h5-6,14-15,18,21,35H,2-4,7-13,16-17H2,1H3,(H,29,36)(H,27,28,30,31)/t18-,21?/m0/s1. The van der Waals surface area contributed by atoms with Crippen molar-refractivity contribution in [3.05, 3.63) is 30.1 Å². The molecule has 2 saturated heterocycles. The van der Waals surface area contributed by atoms with Gasteiger partial charge in [0.1, 0.15) is 17.7 Å². The number of carbonyl (C=O) groups excluding carboxylic acids is 1. The van der Waals surface area contributed by atoms with Crippen LogP contribution in [0, 0.1) is 0 Å². The first kappa shape index (κ1) is 23.4. The maximum absolute atomic E-state index is 12.7. The quantitative estimate of drug-likeness (QED) is 0.574. The molecule has 1 unspecified atom stereocenters. The van der Waals surface area contributed by atoms with Gasteiger partial charge in [-0.05, 0) is 31.9 Å². The van der Waals surface area contributed by atoms with Gasteiger partial charge in [0.05, 0.1) is 23.5 Å². The van der Waals surface area contributed by atoms with E-state index in [0.717, 1.165) is 62.6 Å². The highest BCUT2D eigenvalue weighted by molar-refractivity contribution is 5.90. The molecule has 2 aromatic rings. The second kappa shape index (κ2) is 9.48. The highest BCUT2D eigenvalue weighted by Gasteiger charge is 2.51. The van der Waals surface area contributed by atoms with Gasteiger partial charge in [-0.1, -0.05) is 19.3 Å². The molecular formula is C26H36N8O2. The number of hydrogen-bond acceptors (Lipinski definition) is 9. The minimum absolute atomic E-state index is 0.0349. The van der Waals surface area contributed by atoms with Crippen LogP contribution in [0.15, 0.2) is 24.5 Å². The summed E-state index contributed by atoms with van der Waals surface area (Å²) < 4.78 is 0. The van der Waals surface area contributed by atoms with Crippen molar-refractivity contribution in [1.82, 2.24) is 25.2 Å². The van der Waals surface area contributed by atoms with E-state index in [9.17, 15) is 9.90 Å². The molecule has 0 bridgehead atoms. The Hall–Kier alpha value is -2.98. The third kappa shape index (κ3) is 4.37. The average Bonchev–Trinajstić information content (AvgIpc) is 3.28. The number of carbonyl (C=O) groups is 1. The molecule has 10 nitrogen and oxygen atoms in total. The SMILES string of the molecule is C[C@H](O)CN1CCN(c2ccc(Nc3ncc4c(n3)N3C(C4)C(=O)NCC34CCCCC4)nc2)CC1. The Morgan fingerprint density at radius 2 is 1.94 bits per heavy atom. The number of aliphatic hydroxyl groups excluding tert-OH is 1. The first-order valence-electron chi connectivity index (χ1n) is 13.3. The smallest absolute Gasteiger partial charge is 0.243 e. The molecule has 5 heterocycles. The van der Waals surface area contributed by atoms with Crippen LogP contribution in [0.2, 0.25) is 0 Å². The second-order valence-corrected chi connectivity index (χ2v) is 10.8. The zero-order chi connectivity index (χ0) is 24.7. The molecule has 4 aliphatic rings. The lowest BCUT2D eigenvalue weighted by Gasteiger charge is -2.51. The monoisotopic (exact) mass is 492 g/mol. The summed E-state index contributed by atoms with van der Waals surface area (Å²) in [7, 11) is 0. The largest absolute Gasteiger partial charge is 0.392 e. The number of rotatable bonds is 5. The topological polar surface area (TPSA) is 110 Å². The molecule has 2 atom stereocenters. The zero-order valence-corrected chi connectivity index (χ0v) is 21.0. The highest BCUT2D eigenvalue weighted by Crippen LogP contribution is 2.44. The summed E-state index contributed by atoms with van der Waals surface area (Å²) in [6.07, 6.45) is 9.95. The molecule has 1 saturated carbocycles. The number of aliphatic hydroxyl groups is 1. The van der Waals surface area contributed by atoms with Crippen molar-refractivity contribution < 1.29 is 9.90 Å². The summed E-state index contributed by atoms with van der Waals surface area (Å²) in [5, 5.41) is 16.1. The van der Waals surface area contributed by atoms with E-state index in [4.69, 9.17) is 4.98 Å². The fourth-order valence-electron chi connectivity index (χ4n) is 6.43. The van der Waals surface area contributed by atoms with E-state index in [1.54, 1.807) is 0 Å². The van der Waals surface area contributed by atoms with Crippen molar-refractivity contribution in [3.8, 4) is 0 Å². The molecule has 6 rings (SSSR count). The Morgan fingerprint density at radius 1 is 1.14 bits per heavy atom. The van der Waals surface area contributed by atoms with Gasteiger partial charge in [0.15, 0.2) is 0 Å². The number of pyridine rings is 1. The summed E-state index contributed by atoms with van der Waals surface area (Å²) in [6.45, 7) is 6.96. The van der Waals surface area contributed by atoms with Crippen molar-refractivity contribution in [2.24, 2.45) is 0 Å². The fourth-order valence-corrected chi connectivity index (χ4v) is 6.43. The van der Waals surface area contributed by atoms with Crippen LogP contribution in [0.5, 0.6) is 0 Å². The number of anilines is 4. The molecule has 3 N–H and O–H groups in total. The average molecular weight is 493 g/mol. The van der Waals surface area contributed by atoms with Crippen LogP contribution in [0.1, 0.15) is 44.6 Å². The maximum Gasteiger partial charge on any atom is 0.243 e. The van der Waals surface area contributed by atoms with Crippen molar-refractivity contribution in [1.29, 1.82) is 0 Å². The first-order valence-corrected chi connectivity index (χ1v) is 13.3. The van der Waals surface area contributed by atoms with Crippen molar-refractivity contribution in [2.45, 2.75) is 63.1 Å². The van der Waals surface area contributed by atoms with Gasteiger partial charge in [-0.3, -0.25) is 9.69 Å². The third-order valence-electron chi connectivity index (χ3n) is 8.23. The molecule has 10 heteroatoms. The van der Waals surface area contributed by atoms with Crippen LogP contribution in [0.25, 0.3) is 0 Å². The van der Waals surface area contributed by atoms with Gasteiger partial charge in [0, 0.05) is 57.4 Å². The van der Waals surface area contributed by atoms with E-state index in [1.165, 1.54) is 19.3 Å². The molecule has 1 spiro atoms. The van der Waals surface area contributed by atoms with Crippen molar-refractivity contribution in [2.75, 3.05) is 54.4 Å². The molecule has 1 amide bonds. The normalized spacial score (nSPS) is 24.3. The predicted octanol–water partition coefficient (Wildman–Crippen LogP) is 1.68. The Morgan fingerprint density at radius 3 is 2.67 bits per heavy atom. The van der Waals surface area contributed by atoms with Gasteiger partial charge >= 0.3 is 0 Å². The van der Waals surface area contributed by atoms with Crippen LogP contribution in [-0.2, 0) is 11.2 Å². The van der Waals surface area contributed by atoms with E-state index in [0.29, 0.717) is 24.7 Å². The van der Waals surface area contributed by atoms with Crippen molar-refractivity contribution in [3.63, 3.8) is 0 Å². The zero-order valence-electron chi connectivity index (χ0n) is 21.0. The van der Waals surface area contributed by atoms with Crippen LogP contribution in [0.4, 0.5) is 23.3 Å². The summed E-state index contributed by atoms with van der Waals surface area (Å²) in [6, 6.07) is 3.86. The predicted molar refractivity (Wildman–Crippen MR) is 139 cm³/mol. The van der Waals surface area contributed by atoms with E-state index >= 15 is 0 Å². The molecule has 2 aromatic heterocycles. The lowest BCUT2D eigenvalue weighted by atomic mass is 9.78. The third-order valence-corrected chi connectivity index (χ3v) is 8.23. The van der Waals surface area contributed by atoms with E-state index in [1.807, 2.05) is 25.4 Å². The van der Waals surface area contributed by atoms with Gasteiger partial charge in [-0.15, -0.1) is 0 Å². The lowest BCUT2D eigenvalue weighted by Crippen LogP contribution is -2.67. The Kier molecular flexibility index (Phi) is 6.17. The molecule has 192 valence electrons. The number of piperazine rings is 2. The molecular weight excluding hydrogens is 456 g/mol. The molecule has 36 heavy (non-hydrogen) atoms. The summed E-state index contributed by atoms with van der Waals surface area (Å²) in [5.74, 6) is 2.21. The number of β-amino-alcohol motifs (C(OH)–C–C–N with tert-alkyl or cyclic N) is 1. The second-order valence-electron chi connectivity index (χ2n) is 10.8. The van der Waals surface area contributed by atoms with Gasteiger partial charge in [-0.25, -0.2) is 9.97 Å². The number of fused-ring (bicyclic) bond motifs is 4. The summed E-state index contributed by atoms with van der Waals surface area (Å²) >= 11 is 0. The number of nitrogens with zero attached hydrogens (tertiary/aromatic N) is 6. The summed E-state index contributed by atoms with van der Waals surface area (Å²) in [5.41, 5.74) is 2.10. The minimum atomic E-state index is -0.295. The molecule has 3 fully saturated rings. The Balaban J connectivity index is 1.16. The van der Waals surface area contributed by atoms with E-state index in [-0.39, 0.29) is 23.6 Å². The van der Waals surface area contributed by atoms with Crippen molar-refractivity contribution >= 4 is 29.2 Å². The van der Waals surface area contributed by atoms with Crippen LogP contribution < -0.4 is 20.4 Å². The minimum Gasteiger partial charge on any atom is -0.392 e. The van der Waals surface area contributed by atoms with Gasteiger partial charge in [-0.2, -0.15) is 4.98 Å². The van der Waals surface area contributed by atoms with Crippen LogP contribution in [0.3, 0.4) is 0 Å². The molecule has 0 aromatic carbocycles. The van der Waals surface area contributed by atoms with Crippen LogP contribution >= 0.6 is 0 Å². The number of hydrogen-bond donors (Lipinski definition) is 3. The van der Waals surface area contributed by atoms with Gasteiger partial charge in [0.2, 0.25) is 11.9 Å². The fraction of sp³-hybridized carbons (Fsp3) is 0.615. The first-order chi connectivity index (χ1) is 17.5. The molecule has 0 radical (unpaired) electrons. The summed E-state index contributed by atoms with van der Waals surface area (Å²) in [4.78, 5) is 33.8. The van der Waals surface area contributed by atoms with Gasteiger partial charge in [0.25, 0.3) is 0 Å². The number of nitrogens with one attached hydrogen (secondary N) is 2. The Bertz CT molecular complexity index is 1090. The Labute approximate surface area is 212 Å². The van der Waals surface area contributed by atoms with E-state index < -0.39 is 0 Å². The van der Waals surface area contributed by atoms with E-state index in [2.05, 4.69) is 41.4 Å². The molecule has 3 aliphatic heterocycles. The highest BCUT2D eigenvalue weighted by atomic mass is 16.3. The lowest BCUT2D eigenvalue weighted by molar-refractivity contribution is -0.124. The van der Waals surface area contributed by atoms with Crippen LogP contribution in [-0.4, -0.2) is 87.8 Å². The number of aromatic nitrogens is 3. The number of amides is 1. The van der Waals surface area contributed by atoms with Gasteiger partial charge < -0.3 is 25.5 Å². The molecule has 1 aliphatic carbocycles. The maximum atomic E-state index is 12.7.